The third-order valence-electron chi connectivity index (χ3n) is 7.16. The van der Waals surface area contributed by atoms with E-state index in [-0.39, 0.29) is 30.6 Å². The van der Waals surface area contributed by atoms with Gasteiger partial charge in [0, 0.05) is 30.2 Å². The molecule has 8 heteroatoms. The lowest BCUT2D eigenvalue weighted by Crippen LogP contribution is -2.27. The summed E-state index contributed by atoms with van der Waals surface area (Å²) in [6.45, 7) is 2.58. The van der Waals surface area contributed by atoms with Crippen LogP contribution in [-0.4, -0.2) is 28.4 Å². The van der Waals surface area contributed by atoms with Crippen molar-refractivity contribution in [3.05, 3.63) is 137 Å². The number of ether oxygens (including phenoxy) is 2. The third kappa shape index (κ3) is 5.26. The zero-order chi connectivity index (χ0) is 29.1. The SMILES string of the molecule is CCNC(=O)Oc1c2c(c(OC(c3ccccc3)c3ccccc3)c3ncccc13)C(=O)N(Cc1ccc(F)cc1)C2. The summed E-state index contributed by atoms with van der Waals surface area (Å²) in [7, 11) is 0. The van der Waals surface area contributed by atoms with Crippen LogP contribution < -0.4 is 14.8 Å². The minimum Gasteiger partial charge on any atom is -0.478 e. The lowest BCUT2D eigenvalue weighted by molar-refractivity contribution is 0.0762. The molecule has 0 fully saturated rings. The molecular formula is C34H28FN3O4. The van der Waals surface area contributed by atoms with Crippen LogP contribution in [0.15, 0.2) is 103 Å². The lowest BCUT2D eigenvalue weighted by Gasteiger charge is -2.23. The van der Waals surface area contributed by atoms with Crippen LogP contribution in [0, 0.1) is 5.82 Å². The monoisotopic (exact) mass is 561 g/mol. The molecule has 7 nitrogen and oxygen atoms in total. The van der Waals surface area contributed by atoms with E-state index in [0.29, 0.717) is 34.3 Å². The molecule has 1 aliphatic rings. The van der Waals surface area contributed by atoms with Gasteiger partial charge in [-0.25, -0.2) is 9.18 Å². The zero-order valence-electron chi connectivity index (χ0n) is 22.9. The summed E-state index contributed by atoms with van der Waals surface area (Å²) >= 11 is 0. The molecule has 0 spiro atoms. The fraction of sp³-hybridized carbons (Fsp3) is 0.147. The van der Waals surface area contributed by atoms with Gasteiger partial charge in [0.1, 0.15) is 23.2 Å². The number of amides is 2. The van der Waals surface area contributed by atoms with Crippen LogP contribution in [0.2, 0.25) is 0 Å². The molecule has 1 aliphatic heterocycles. The molecule has 1 N–H and O–H groups in total. The van der Waals surface area contributed by atoms with Crippen LogP contribution in [0.5, 0.6) is 11.5 Å². The van der Waals surface area contributed by atoms with Crippen molar-refractivity contribution in [3.8, 4) is 11.5 Å². The average molecular weight is 562 g/mol. The summed E-state index contributed by atoms with van der Waals surface area (Å²) < 4.78 is 26.2. The Kier molecular flexibility index (Phi) is 7.51. The number of rotatable bonds is 8. The summed E-state index contributed by atoms with van der Waals surface area (Å²) in [6, 6.07) is 29.1. The molecule has 0 atom stereocenters. The van der Waals surface area contributed by atoms with Gasteiger partial charge in [-0.2, -0.15) is 0 Å². The summed E-state index contributed by atoms with van der Waals surface area (Å²) in [6.07, 6.45) is 0.443. The number of nitrogens with zero attached hydrogens (tertiary/aromatic N) is 2. The first-order valence-corrected chi connectivity index (χ1v) is 13.7. The van der Waals surface area contributed by atoms with Crippen molar-refractivity contribution in [2.24, 2.45) is 0 Å². The van der Waals surface area contributed by atoms with Gasteiger partial charge < -0.3 is 19.7 Å². The molecule has 42 heavy (non-hydrogen) atoms. The second-order valence-electron chi connectivity index (χ2n) is 9.94. The number of fused-ring (bicyclic) bond motifs is 2. The van der Waals surface area contributed by atoms with Gasteiger partial charge in [-0.15, -0.1) is 0 Å². The number of aromatic nitrogens is 1. The van der Waals surface area contributed by atoms with Crippen LogP contribution in [0.3, 0.4) is 0 Å². The predicted molar refractivity (Wildman–Crippen MR) is 157 cm³/mol. The Morgan fingerprint density at radius 3 is 2.24 bits per heavy atom. The number of hydrogen-bond acceptors (Lipinski definition) is 5. The summed E-state index contributed by atoms with van der Waals surface area (Å²) in [5, 5.41) is 3.21. The van der Waals surface area contributed by atoms with E-state index in [1.54, 1.807) is 42.3 Å². The summed E-state index contributed by atoms with van der Waals surface area (Å²) in [5.74, 6) is -0.0729. The van der Waals surface area contributed by atoms with E-state index >= 15 is 0 Å². The van der Waals surface area contributed by atoms with Gasteiger partial charge in [-0.1, -0.05) is 72.8 Å². The van der Waals surface area contributed by atoms with Crippen molar-refractivity contribution in [2.75, 3.05) is 6.54 Å². The normalized spacial score (nSPS) is 12.5. The van der Waals surface area contributed by atoms with Gasteiger partial charge in [0.05, 0.1) is 12.1 Å². The lowest BCUT2D eigenvalue weighted by atomic mass is 9.99. The number of nitrogens with one attached hydrogen (secondary N) is 1. The van der Waals surface area contributed by atoms with Crippen LogP contribution in [0.1, 0.15) is 45.6 Å². The Hall–Kier alpha value is -5.24. The predicted octanol–water partition coefficient (Wildman–Crippen LogP) is 6.81. The maximum atomic E-state index is 14.1. The van der Waals surface area contributed by atoms with Gasteiger partial charge in [-0.05, 0) is 47.9 Å². The van der Waals surface area contributed by atoms with Crippen molar-refractivity contribution in [1.29, 1.82) is 0 Å². The van der Waals surface area contributed by atoms with Crippen molar-refractivity contribution in [1.82, 2.24) is 15.2 Å². The van der Waals surface area contributed by atoms with E-state index in [4.69, 9.17) is 9.47 Å². The van der Waals surface area contributed by atoms with Crippen LogP contribution in [0.25, 0.3) is 10.9 Å². The molecule has 0 unspecified atom stereocenters. The molecule has 5 aromatic rings. The second-order valence-corrected chi connectivity index (χ2v) is 9.94. The summed E-state index contributed by atoms with van der Waals surface area (Å²) in [5.41, 5.74) is 3.79. The molecule has 1 aromatic heterocycles. The van der Waals surface area contributed by atoms with Gasteiger partial charge in [-0.3, -0.25) is 9.78 Å². The molecule has 210 valence electrons. The van der Waals surface area contributed by atoms with E-state index in [1.165, 1.54) is 12.1 Å². The Morgan fingerprint density at radius 2 is 1.60 bits per heavy atom. The molecule has 4 aromatic carbocycles. The van der Waals surface area contributed by atoms with Crippen LogP contribution >= 0.6 is 0 Å². The van der Waals surface area contributed by atoms with Crippen molar-refractivity contribution < 1.29 is 23.5 Å². The first-order valence-electron chi connectivity index (χ1n) is 13.7. The number of pyridine rings is 1. The highest BCUT2D eigenvalue weighted by Crippen LogP contribution is 2.46. The zero-order valence-corrected chi connectivity index (χ0v) is 22.9. The second kappa shape index (κ2) is 11.7. The number of carbonyl (C=O) groups is 2. The maximum Gasteiger partial charge on any atom is 0.412 e. The standard InChI is InChI=1S/C34H28FN3O4/c1-2-36-34(40)42-31-26-14-9-19-37-29(26)32(41-30(23-10-5-3-6-11-23)24-12-7-4-8-13-24)28-27(31)21-38(33(28)39)20-22-15-17-25(35)18-16-22/h3-19,30H,2,20-21H2,1H3,(H,36,40). The van der Waals surface area contributed by atoms with E-state index in [1.807, 2.05) is 60.7 Å². The van der Waals surface area contributed by atoms with Gasteiger partial charge in [0.25, 0.3) is 5.91 Å². The van der Waals surface area contributed by atoms with E-state index < -0.39 is 12.2 Å². The first-order chi connectivity index (χ1) is 20.5. The smallest absolute Gasteiger partial charge is 0.412 e. The molecular weight excluding hydrogens is 533 g/mol. The summed E-state index contributed by atoms with van der Waals surface area (Å²) in [4.78, 5) is 33.0. The molecule has 0 saturated carbocycles. The number of carbonyl (C=O) groups excluding carboxylic acids is 2. The topological polar surface area (TPSA) is 80.8 Å². The van der Waals surface area contributed by atoms with Crippen molar-refractivity contribution >= 4 is 22.9 Å². The Morgan fingerprint density at radius 1 is 0.929 bits per heavy atom. The van der Waals surface area contributed by atoms with Gasteiger partial charge in [0.2, 0.25) is 0 Å². The fourth-order valence-electron chi connectivity index (χ4n) is 5.24. The minimum absolute atomic E-state index is 0.169. The van der Waals surface area contributed by atoms with Gasteiger partial charge in [0.15, 0.2) is 5.75 Å². The minimum atomic E-state index is -0.630. The third-order valence-corrected chi connectivity index (χ3v) is 7.16. The highest BCUT2D eigenvalue weighted by atomic mass is 19.1. The largest absolute Gasteiger partial charge is 0.478 e. The molecule has 0 saturated heterocycles. The number of halogens is 1. The van der Waals surface area contributed by atoms with E-state index in [2.05, 4.69) is 10.3 Å². The molecule has 6 rings (SSSR count). The quantitative estimate of drug-likeness (QED) is 0.225. The Bertz CT molecular complexity index is 1710. The average Bonchev–Trinajstić information content (AvgIpc) is 3.34. The molecule has 0 bridgehead atoms. The van der Waals surface area contributed by atoms with E-state index in [0.717, 1.165) is 16.7 Å². The molecule has 2 amide bonds. The van der Waals surface area contributed by atoms with E-state index in [9.17, 15) is 14.0 Å². The molecule has 0 aliphatic carbocycles. The molecule has 0 radical (unpaired) electrons. The number of hydrogen-bond donors (Lipinski definition) is 1. The maximum absolute atomic E-state index is 14.1. The number of benzene rings is 4. The Balaban J connectivity index is 1.52. The van der Waals surface area contributed by atoms with Crippen molar-refractivity contribution in [3.63, 3.8) is 0 Å². The highest BCUT2D eigenvalue weighted by molar-refractivity contribution is 6.09. The fourth-order valence-corrected chi connectivity index (χ4v) is 5.24. The van der Waals surface area contributed by atoms with Crippen LogP contribution in [-0.2, 0) is 13.1 Å². The highest BCUT2D eigenvalue weighted by Gasteiger charge is 2.38. The first kappa shape index (κ1) is 27.0. The molecule has 2 heterocycles. The Labute approximate surface area is 242 Å². The van der Waals surface area contributed by atoms with Crippen molar-refractivity contribution in [2.45, 2.75) is 26.1 Å². The van der Waals surface area contributed by atoms with Gasteiger partial charge >= 0.3 is 6.09 Å². The van der Waals surface area contributed by atoms with Crippen LogP contribution in [0.4, 0.5) is 9.18 Å².